The van der Waals surface area contributed by atoms with Gasteiger partial charge < -0.3 is 4.74 Å². The van der Waals surface area contributed by atoms with Crippen molar-refractivity contribution in [2.45, 2.75) is 19.2 Å². The smallest absolute Gasteiger partial charge is 0.406 e. The molecule has 0 unspecified atom stereocenters. The Morgan fingerprint density at radius 2 is 1.84 bits per heavy atom. The van der Waals surface area contributed by atoms with Crippen molar-refractivity contribution in [3.8, 4) is 5.75 Å². The van der Waals surface area contributed by atoms with Gasteiger partial charge in [-0.3, -0.25) is 4.98 Å². The summed E-state index contributed by atoms with van der Waals surface area (Å²) in [5.41, 5.74) is 1.69. The van der Waals surface area contributed by atoms with Crippen LogP contribution in [0.2, 0.25) is 0 Å². The molecule has 0 fully saturated rings. The summed E-state index contributed by atoms with van der Waals surface area (Å²) in [6.45, 7) is 0. The Balaban J connectivity index is 1.99. The summed E-state index contributed by atoms with van der Waals surface area (Å²) in [6.07, 6.45) is -1.67. The largest absolute Gasteiger partial charge is 0.573 e. The zero-order valence-electron chi connectivity index (χ0n) is 10.0. The van der Waals surface area contributed by atoms with Gasteiger partial charge in [0.25, 0.3) is 0 Å². The van der Waals surface area contributed by atoms with Gasteiger partial charge >= 0.3 is 6.36 Å². The van der Waals surface area contributed by atoms with Crippen LogP contribution in [-0.2, 0) is 12.8 Å². The molecule has 2 nitrogen and oxygen atoms in total. The lowest BCUT2D eigenvalue weighted by atomic mass is 10.1. The van der Waals surface area contributed by atoms with E-state index in [9.17, 15) is 13.2 Å². The van der Waals surface area contributed by atoms with Crippen LogP contribution in [0.3, 0.4) is 0 Å². The predicted octanol–water partition coefficient (Wildman–Crippen LogP) is 3.77. The van der Waals surface area contributed by atoms with Crippen molar-refractivity contribution in [2.75, 3.05) is 0 Å². The fraction of sp³-hybridized carbons (Fsp3) is 0.214. The molecule has 0 radical (unpaired) electrons. The molecular weight excluding hydrogens is 255 g/mol. The maximum absolute atomic E-state index is 12.1. The molecule has 0 aliphatic carbocycles. The molecule has 0 atom stereocenters. The second-order valence-electron chi connectivity index (χ2n) is 4.02. The second-order valence-corrected chi connectivity index (χ2v) is 4.02. The van der Waals surface area contributed by atoms with Gasteiger partial charge in [0.2, 0.25) is 0 Å². The molecule has 0 spiro atoms. The third kappa shape index (κ3) is 4.62. The van der Waals surface area contributed by atoms with Gasteiger partial charge in [0.05, 0.1) is 0 Å². The Bertz CT molecular complexity index is 526. The maximum Gasteiger partial charge on any atom is 0.573 e. The number of rotatable bonds is 4. The molecular formula is C14H12F3NO. The molecule has 0 saturated carbocycles. The van der Waals surface area contributed by atoms with Crippen LogP contribution in [0.25, 0.3) is 0 Å². The topological polar surface area (TPSA) is 22.1 Å². The van der Waals surface area contributed by atoms with E-state index < -0.39 is 6.36 Å². The van der Waals surface area contributed by atoms with E-state index >= 15 is 0 Å². The molecule has 1 heterocycles. The minimum Gasteiger partial charge on any atom is -0.406 e. The Morgan fingerprint density at radius 1 is 1.00 bits per heavy atom. The van der Waals surface area contributed by atoms with Gasteiger partial charge in [-0.25, -0.2) is 0 Å². The van der Waals surface area contributed by atoms with Crippen molar-refractivity contribution in [3.05, 3.63) is 59.9 Å². The maximum atomic E-state index is 12.1. The Labute approximate surface area is 108 Å². The van der Waals surface area contributed by atoms with E-state index in [-0.39, 0.29) is 5.75 Å². The molecule has 0 bridgehead atoms. The van der Waals surface area contributed by atoms with Crippen LogP contribution >= 0.6 is 0 Å². The zero-order chi connectivity index (χ0) is 13.7. The first-order valence-corrected chi connectivity index (χ1v) is 5.77. The molecule has 19 heavy (non-hydrogen) atoms. The highest BCUT2D eigenvalue weighted by Crippen LogP contribution is 2.23. The lowest BCUT2D eigenvalue weighted by molar-refractivity contribution is -0.274. The van der Waals surface area contributed by atoms with Crippen LogP contribution in [0.15, 0.2) is 48.7 Å². The van der Waals surface area contributed by atoms with Gasteiger partial charge in [0, 0.05) is 11.9 Å². The van der Waals surface area contributed by atoms with Gasteiger partial charge in [0.1, 0.15) is 5.75 Å². The van der Waals surface area contributed by atoms with Crippen LogP contribution in [-0.4, -0.2) is 11.3 Å². The van der Waals surface area contributed by atoms with Gasteiger partial charge in [-0.1, -0.05) is 18.2 Å². The molecule has 0 N–H and O–H groups in total. The molecule has 0 aliphatic heterocycles. The third-order valence-corrected chi connectivity index (χ3v) is 2.53. The minimum atomic E-state index is -4.65. The number of halogens is 3. The first-order valence-electron chi connectivity index (χ1n) is 5.77. The lowest BCUT2D eigenvalue weighted by Gasteiger charge is -2.09. The van der Waals surface area contributed by atoms with Gasteiger partial charge in [-0.2, -0.15) is 0 Å². The molecule has 2 rings (SSSR count). The average molecular weight is 267 g/mol. The van der Waals surface area contributed by atoms with Crippen LogP contribution < -0.4 is 4.74 Å². The standard InChI is InChI=1S/C14H12F3NO/c15-14(16,17)19-13-6-3-4-11(10-13)7-8-12-5-1-2-9-18-12/h1-6,9-10H,7-8H2. The van der Waals surface area contributed by atoms with Crippen LogP contribution in [0.4, 0.5) is 13.2 Å². The monoisotopic (exact) mass is 267 g/mol. The van der Waals surface area contributed by atoms with Crippen LogP contribution in [0, 0.1) is 0 Å². The molecule has 1 aromatic carbocycles. The molecule has 0 saturated heterocycles. The van der Waals surface area contributed by atoms with Crippen LogP contribution in [0.5, 0.6) is 5.75 Å². The highest BCUT2D eigenvalue weighted by atomic mass is 19.4. The number of ether oxygens (including phenoxy) is 1. The highest BCUT2D eigenvalue weighted by molar-refractivity contribution is 5.29. The fourth-order valence-corrected chi connectivity index (χ4v) is 1.72. The molecule has 100 valence electrons. The lowest BCUT2D eigenvalue weighted by Crippen LogP contribution is -2.17. The summed E-state index contributed by atoms with van der Waals surface area (Å²) in [5, 5.41) is 0. The number of benzene rings is 1. The van der Waals surface area contributed by atoms with Crippen molar-refractivity contribution >= 4 is 0 Å². The summed E-state index contributed by atoms with van der Waals surface area (Å²) in [5.74, 6) is -0.189. The number of aromatic nitrogens is 1. The Kier molecular flexibility index (Phi) is 4.04. The summed E-state index contributed by atoms with van der Waals surface area (Å²) in [7, 11) is 0. The van der Waals surface area contributed by atoms with Crippen molar-refractivity contribution in [2.24, 2.45) is 0 Å². The van der Waals surface area contributed by atoms with Gasteiger partial charge in [0.15, 0.2) is 0 Å². The first-order chi connectivity index (χ1) is 9.03. The summed E-state index contributed by atoms with van der Waals surface area (Å²) in [6, 6.07) is 11.6. The van der Waals surface area contributed by atoms with E-state index in [1.165, 1.54) is 12.1 Å². The predicted molar refractivity (Wildman–Crippen MR) is 64.8 cm³/mol. The van der Waals surface area contributed by atoms with Crippen molar-refractivity contribution in [1.82, 2.24) is 4.98 Å². The normalized spacial score (nSPS) is 11.3. The highest BCUT2D eigenvalue weighted by Gasteiger charge is 2.31. The van der Waals surface area contributed by atoms with Crippen molar-refractivity contribution in [1.29, 1.82) is 0 Å². The molecule has 0 aliphatic rings. The number of pyridine rings is 1. The molecule has 1 aromatic heterocycles. The summed E-state index contributed by atoms with van der Waals surface area (Å²) >= 11 is 0. The van der Waals surface area contributed by atoms with Crippen LogP contribution in [0.1, 0.15) is 11.3 Å². The van der Waals surface area contributed by atoms with E-state index in [0.717, 1.165) is 11.3 Å². The second kappa shape index (κ2) is 5.73. The zero-order valence-corrected chi connectivity index (χ0v) is 10.0. The number of aryl methyl sites for hydroxylation is 2. The Hall–Kier alpha value is -2.04. The molecule has 2 aromatic rings. The average Bonchev–Trinajstić information content (AvgIpc) is 2.36. The van der Waals surface area contributed by atoms with Crippen molar-refractivity contribution < 1.29 is 17.9 Å². The van der Waals surface area contributed by atoms with E-state index in [1.807, 2.05) is 18.2 Å². The van der Waals surface area contributed by atoms with Crippen molar-refractivity contribution in [3.63, 3.8) is 0 Å². The first kappa shape index (κ1) is 13.4. The van der Waals surface area contributed by atoms with E-state index in [4.69, 9.17) is 0 Å². The number of hydrogen-bond donors (Lipinski definition) is 0. The fourth-order valence-electron chi connectivity index (χ4n) is 1.72. The van der Waals surface area contributed by atoms with E-state index in [1.54, 1.807) is 18.3 Å². The summed E-state index contributed by atoms with van der Waals surface area (Å²) in [4.78, 5) is 4.16. The minimum absolute atomic E-state index is 0.189. The quantitative estimate of drug-likeness (QED) is 0.841. The SMILES string of the molecule is FC(F)(F)Oc1cccc(CCc2ccccn2)c1. The van der Waals surface area contributed by atoms with Gasteiger partial charge in [-0.05, 0) is 42.7 Å². The third-order valence-electron chi connectivity index (χ3n) is 2.53. The number of alkyl halides is 3. The number of hydrogen-bond acceptors (Lipinski definition) is 2. The number of nitrogens with zero attached hydrogens (tertiary/aromatic N) is 1. The molecule has 5 heteroatoms. The van der Waals surface area contributed by atoms with E-state index in [0.29, 0.717) is 12.8 Å². The molecule has 0 amide bonds. The Morgan fingerprint density at radius 3 is 2.53 bits per heavy atom. The summed E-state index contributed by atoms with van der Waals surface area (Å²) < 4.78 is 40.2. The van der Waals surface area contributed by atoms with E-state index in [2.05, 4.69) is 9.72 Å². The van der Waals surface area contributed by atoms with Gasteiger partial charge in [-0.15, -0.1) is 13.2 Å².